The van der Waals surface area contributed by atoms with Gasteiger partial charge in [-0.25, -0.2) is 0 Å². The van der Waals surface area contributed by atoms with Crippen molar-refractivity contribution in [1.82, 2.24) is 10.3 Å². The molecule has 1 heterocycles. The molecule has 1 N–H and O–H groups in total. The van der Waals surface area contributed by atoms with Crippen LogP contribution >= 0.6 is 24.0 Å². The summed E-state index contributed by atoms with van der Waals surface area (Å²) in [5, 5.41) is 3.12. The lowest BCUT2D eigenvalue weighted by molar-refractivity contribution is -0.116. The van der Waals surface area contributed by atoms with Crippen LogP contribution in [0.2, 0.25) is 0 Å². The molecule has 0 aliphatic rings. The van der Waals surface area contributed by atoms with Gasteiger partial charge in [0.2, 0.25) is 0 Å². The van der Waals surface area contributed by atoms with Crippen molar-refractivity contribution in [2.45, 2.75) is 19.9 Å². The number of thioether (sulfide) groups is 1. The minimum Gasteiger partial charge on any atom is -0.367 e. The Morgan fingerprint density at radius 2 is 2.44 bits per heavy atom. The zero-order valence-corrected chi connectivity index (χ0v) is 10.7. The molecule has 0 aliphatic heterocycles. The summed E-state index contributed by atoms with van der Waals surface area (Å²) in [6.07, 6.45) is 4.11. The first kappa shape index (κ1) is 13.1. The maximum atomic E-state index is 10.7. The van der Waals surface area contributed by atoms with Crippen LogP contribution in [0, 0.1) is 0 Å². The summed E-state index contributed by atoms with van der Waals surface area (Å²) < 4.78 is 0.727. The van der Waals surface area contributed by atoms with Crippen molar-refractivity contribution < 1.29 is 4.79 Å². The molecule has 0 bridgehead atoms. The third-order valence-corrected chi connectivity index (χ3v) is 3.16. The number of aromatic nitrogens is 1. The molecule has 0 aliphatic carbocycles. The van der Waals surface area contributed by atoms with Crippen molar-refractivity contribution >= 4 is 34.1 Å². The van der Waals surface area contributed by atoms with Crippen molar-refractivity contribution in [1.29, 1.82) is 0 Å². The second-order valence-electron chi connectivity index (χ2n) is 3.30. The van der Waals surface area contributed by atoms with Gasteiger partial charge in [0.1, 0.15) is 10.1 Å². The number of carbonyl (C=O) groups excluding carboxylic acids is 1. The number of hydrogen-bond acceptors (Lipinski definition) is 4. The Hall–Kier alpha value is -0.940. The molecule has 1 rings (SSSR count). The van der Waals surface area contributed by atoms with Crippen LogP contribution in [0.25, 0.3) is 0 Å². The fraction of sp³-hybridized carbons (Fsp3) is 0.364. The van der Waals surface area contributed by atoms with Crippen LogP contribution in [-0.2, 0) is 11.3 Å². The molecule has 0 saturated carbocycles. The van der Waals surface area contributed by atoms with E-state index in [1.807, 2.05) is 12.1 Å². The molecule has 1 aromatic rings. The molecule has 0 saturated heterocycles. The summed E-state index contributed by atoms with van der Waals surface area (Å²) in [4.78, 5) is 14.7. The van der Waals surface area contributed by atoms with Crippen LogP contribution in [0.5, 0.6) is 0 Å². The van der Waals surface area contributed by atoms with Crippen LogP contribution in [0.15, 0.2) is 24.5 Å². The van der Waals surface area contributed by atoms with Gasteiger partial charge < -0.3 is 5.32 Å². The Kier molecular flexibility index (Phi) is 6.03. The van der Waals surface area contributed by atoms with E-state index in [0.29, 0.717) is 13.0 Å². The Morgan fingerprint density at radius 1 is 1.62 bits per heavy atom. The minimum atomic E-state index is 0.197. The summed E-state index contributed by atoms with van der Waals surface area (Å²) in [6.45, 7) is 2.27. The highest BCUT2D eigenvalue weighted by Gasteiger charge is 1.99. The standard InChI is InChI=1S/C11H14N2OS2/c1-9(14)4-6-16-11(15)13-8-10-3-2-5-12-7-10/h2-3,5,7H,4,6,8H2,1H3,(H,13,15). The highest BCUT2D eigenvalue weighted by atomic mass is 32.2. The van der Waals surface area contributed by atoms with E-state index in [-0.39, 0.29) is 5.78 Å². The average molecular weight is 254 g/mol. The zero-order valence-electron chi connectivity index (χ0n) is 9.10. The number of nitrogens with one attached hydrogen (secondary N) is 1. The molecular weight excluding hydrogens is 240 g/mol. The number of rotatable bonds is 5. The lowest BCUT2D eigenvalue weighted by atomic mass is 10.3. The lowest BCUT2D eigenvalue weighted by Crippen LogP contribution is -2.18. The van der Waals surface area contributed by atoms with E-state index in [2.05, 4.69) is 10.3 Å². The Morgan fingerprint density at radius 3 is 3.06 bits per heavy atom. The third-order valence-electron chi connectivity index (χ3n) is 1.85. The smallest absolute Gasteiger partial charge is 0.134 e. The molecule has 0 amide bonds. The van der Waals surface area contributed by atoms with Crippen molar-refractivity contribution in [2.75, 3.05) is 5.75 Å². The number of ketones is 1. The normalized spacial score (nSPS) is 9.81. The Bertz CT molecular complexity index is 354. The molecule has 0 atom stereocenters. The number of pyridine rings is 1. The number of thiocarbonyl (C=S) groups is 1. The molecule has 0 fully saturated rings. The maximum absolute atomic E-state index is 10.7. The molecule has 3 nitrogen and oxygen atoms in total. The number of hydrogen-bond donors (Lipinski definition) is 1. The second kappa shape index (κ2) is 7.35. The summed E-state index contributed by atoms with van der Waals surface area (Å²) in [5.41, 5.74) is 1.09. The van der Waals surface area contributed by atoms with Gasteiger partial charge in [-0.2, -0.15) is 0 Å². The van der Waals surface area contributed by atoms with E-state index < -0.39 is 0 Å². The molecule has 1 aromatic heterocycles. The topological polar surface area (TPSA) is 42.0 Å². The second-order valence-corrected chi connectivity index (χ2v) is 5.07. The summed E-state index contributed by atoms with van der Waals surface area (Å²) >= 11 is 6.63. The molecular formula is C11H14N2OS2. The molecule has 16 heavy (non-hydrogen) atoms. The molecule has 0 aromatic carbocycles. The van der Waals surface area contributed by atoms with Gasteiger partial charge in [-0.15, -0.1) is 0 Å². The highest BCUT2D eigenvalue weighted by molar-refractivity contribution is 8.22. The monoisotopic (exact) mass is 254 g/mol. The van der Waals surface area contributed by atoms with Crippen LogP contribution in [0.3, 0.4) is 0 Å². The Balaban J connectivity index is 2.18. The lowest BCUT2D eigenvalue weighted by Gasteiger charge is -2.06. The number of nitrogens with zero attached hydrogens (tertiary/aromatic N) is 1. The molecule has 5 heteroatoms. The molecule has 0 spiro atoms. The van der Waals surface area contributed by atoms with E-state index in [0.717, 1.165) is 15.6 Å². The van der Waals surface area contributed by atoms with E-state index in [4.69, 9.17) is 12.2 Å². The van der Waals surface area contributed by atoms with Crippen LogP contribution in [-0.4, -0.2) is 20.8 Å². The molecule has 0 radical (unpaired) electrons. The number of carbonyl (C=O) groups is 1. The van der Waals surface area contributed by atoms with Gasteiger partial charge in [-0.3, -0.25) is 9.78 Å². The van der Waals surface area contributed by atoms with Gasteiger partial charge in [0.05, 0.1) is 0 Å². The number of Topliss-reactive ketones (excluding diaryl/α,β-unsaturated/α-hetero) is 1. The molecule has 86 valence electrons. The fourth-order valence-electron chi connectivity index (χ4n) is 1.02. The van der Waals surface area contributed by atoms with Gasteiger partial charge in [-0.1, -0.05) is 30.0 Å². The quantitative estimate of drug-likeness (QED) is 0.816. The zero-order chi connectivity index (χ0) is 11.8. The van der Waals surface area contributed by atoms with Crippen molar-refractivity contribution in [2.24, 2.45) is 0 Å². The fourth-order valence-corrected chi connectivity index (χ4v) is 2.09. The molecule has 0 unspecified atom stereocenters. The van der Waals surface area contributed by atoms with Gasteiger partial charge in [0.15, 0.2) is 0 Å². The first-order chi connectivity index (χ1) is 7.68. The van der Waals surface area contributed by atoms with Gasteiger partial charge in [-0.05, 0) is 18.6 Å². The predicted octanol–water partition coefficient (Wildman–Crippen LogP) is 2.17. The predicted molar refractivity (Wildman–Crippen MR) is 71.4 cm³/mol. The van der Waals surface area contributed by atoms with Crippen LogP contribution < -0.4 is 5.32 Å². The van der Waals surface area contributed by atoms with Crippen molar-refractivity contribution in [3.05, 3.63) is 30.1 Å². The van der Waals surface area contributed by atoms with Gasteiger partial charge >= 0.3 is 0 Å². The first-order valence-corrected chi connectivity index (χ1v) is 6.37. The van der Waals surface area contributed by atoms with E-state index >= 15 is 0 Å². The van der Waals surface area contributed by atoms with Crippen LogP contribution in [0.1, 0.15) is 18.9 Å². The summed E-state index contributed by atoms with van der Waals surface area (Å²) in [5.74, 6) is 0.941. The summed E-state index contributed by atoms with van der Waals surface area (Å²) in [6, 6.07) is 3.88. The van der Waals surface area contributed by atoms with Gasteiger partial charge in [0.25, 0.3) is 0 Å². The Labute approximate surface area is 105 Å². The summed E-state index contributed by atoms with van der Waals surface area (Å²) in [7, 11) is 0. The van der Waals surface area contributed by atoms with Crippen LogP contribution in [0.4, 0.5) is 0 Å². The first-order valence-electron chi connectivity index (χ1n) is 4.97. The van der Waals surface area contributed by atoms with Gasteiger partial charge in [0, 0.05) is 31.1 Å². The third kappa shape index (κ3) is 5.82. The average Bonchev–Trinajstić information content (AvgIpc) is 2.27. The minimum absolute atomic E-state index is 0.197. The van der Waals surface area contributed by atoms with E-state index in [1.54, 1.807) is 19.3 Å². The largest absolute Gasteiger partial charge is 0.367 e. The maximum Gasteiger partial charge on any atom is 0.134 e. The van der Waals surface area contributed by atoms with Crippen molar-refractivity contribution in [3.63, 3.8) is 0 Å². The van der Waals surface area contributed by atoms with E-state index in [1.165, 1.54) is 11.8 Å². The SMILES string of the molecule is CC(=O)CCSC(=S)NCc1cccnc1. The van der Waals surface area contributed by atoms with Crippen molar-refractivity contribution in [3.8, 4) is 0 Å². The highest BCUT2D eigenvalue weighted by Crippen LogP contribution is 2.05. The van der Waals surface area contributed by atoms with E-state index in [9.17, 15) is 4.79 Å².